The third-order valence-electron chi connectivity index (χ3n) is 3.09. The van der Waals surface area contributed by atoms with Gasteiger partial charge in [-0.1, -0.05) is 23.7 Å². The van der Waals surface area contributed by atoms with Crippen LogP contribution < -0.4 is 5.32 Å². The molecule has 19 heavy (non-hydrogen) atoms. The minimum absolute atomic E-state index is 0.0502. The number of carbonyl (C=O) groups is 1. The van der Waals surface area contributed by atoms with Crippen LogP contribution in [0.2, 0.25) is 5.02 Å². The molecule has 4 heteroatoms. The van der Waals surface area contributed by atoms with E-state index in [1.807, 2.05) is 30.3 Å². The maximum Gasteiger partial charge on any atom is 0.253 e. The van der Waals surface area contributed by atoms with Crippen molar-refractivity contribution in [3.63, 3.8) is 0 Å². The number of hydrogen-bond donors (Lipinski definition) is 1. The molecule has 1 aromatic heterocycles. The molecule has 1 N–H and O–H groups in total. The van der Waals surface area contributed by atoms with Gasteiger partial charge in [0.25, 0.3) is 5.91 Å². The van der Waals surface area contributed by atoms with E-state index in [2.05, 4.69) is 10.3 Å². The van der Waals surface area contributed by atoms with E-state index in [-0.39, 0.29) is 5.91 Å². The molecule has 0 radical (unpaired) electrons. The molecule has 1 aromatic carbocycles. The van der Waals surface area contributed by atoms with Gasteiger partial charge in [0.2, 0.25) is 0 Å². The summed E-state index contributed by atoms with van der Waals surface area (Å²) in [7, 11) is 0. The summed E-state index contributed by atoms with van der Waals surface area (Å²) in [4.78, 5) is 16.1. The van der Waals surface area contributed by atoms with Crippen LogP contribution in [0.4, 0.5) is 0 Å². The van der Waals surface area contributed by atoms with Gasteiger partial charge in [0.1, 0.15) is 0 Å². The van der Waals surface area contributed by atoms with Crippen LogP contribution in [0.1, 0.15) is 23.2 Å². The number of hydrogen-bond acceptors (Lipinski definition) is 2. The summed E-state index contributed by atoms with van der Waals surface area (Å²) in [6.45, 7) is 0. The third kappa shape index (κ3) is 2.93. The Kier molecular flexibility index (Phi) is 3.22. The van der Waals surface area contributed by atoms with Crippen LogP contribution in [-0.2, 0) is 0 Å². The summed E-state index contributed by atoms with van der Waals surface area (Å²) >= 11 is 5.87. The van der Waals surface area contributed by atoms with Gasteiger partial charge in [-0.3, -0.25) is 9.78 Å². The zero-order valence-corrected chi connectivity index (χ0v) is 11.0. The number of rotatable bonds is 3. The molecule has 96 valence electrons. The highest BCUT2D eigenvalue weighted by Crippen LogP contribution is 2.23. The zero-order valence-electron chi connectivity index (χ0n) is 10.3. The number of carbonyl (C=O) groups excluding carboxylic acids is 1. The first kappa shape index (κ1) is 12.2. The van der Waals surface area contributed by atoms with Crippen molar-refractivity contribution < 1.29 is 4.79 Å². The van der Waals surface area contributed by atoms with E-state index in [0.29, 0.717) is 16.6 Å². The second kappa shape index (κ2) is 5.02. The van der Waals surface area contributed by atoms with Crippen molar-refractivity contribution in [1.82, 2.24) is 10.3 Å². The second-order valence-corrected chi connectivity index (χ2v) is 5.15. The van der Waals surface area contributed by atoms with Gasteiger partial charge in [0.15, 0.2) is 0 Å². The monoisotopic (exact) mass is 272 g/mol. The first-order valence-corrected chi connectivity index (χ1v) is 6.62. The van der Waals surface area contributed by atoms with Gasteiger partial charge in [-0.05, 0) is 36.6 Å². The molecule has 2 aromatic rings. The number of nitrogens with zero attached hydrogens (tertiary/aromatic N) is 1. The minimum Gasteiger partial charge on any atom is -0.349 e. The predicted octanol–water partition coefficient (Wildman–Crippen LogP) is 3.29. The molecule has 0 bridgehead atoms. The van der Waals surface area contributed by atoms with E-state index in [9.17, 15) is 4.79 Å². The zero-order chi connectivity index (χ0) is 13.2. The summed E-state index contributed by atoms with van der Waals surface area (Å²) in [6, 6.07) is 9.70. The van der Waals surface area contributed by atoms with Gasteiger partial charge < -0.3 is 5.32 Å². The smallest absolute Gasteiger partial charge is 0.253 e. The summed E-state index contributed by atoms with van der Waals surface area (Å²) < 4.78 is 0. The fourth-order valence-corrected chi connectivity index (χ4v) is 1.99. The van der Waals surface area contributed by atoms with Gasteiger partial charge in [0.05, 0.1) is 5.56 Å². The van der Waals surface area contributed by atoms with E-state index < -0.39 is 0 Å². The molecule has 1 aliphatic carbocycles. The Bertz CT molecular complexity index is 606. The minimum atomic E-state index is -0.0502. The molecule has 0 aliphatic heterocycles. The summed E-state index contributed by atoms with van der Waals surface area (Å²) in [6.07, 6.45) is 5.50. The van der Waals surface area contributed by atoms with Crippen LogP contribution >= 0.6 is 11.6 Å². The normalized spacial score (nSPS) is 14.2. The van der Waals surface area contributed by atoms with Crippen LogP contribution in [0.3, 0.4) is 0 Å². The molecule has 3 nitrogen and oxygen atoms in total. The first-order valence-electron chi connectivity index (χ1n) is 6.24. The lowest BCUT2D eigenvalue weighted by molar-refractivity contribution is 0.0951. The maximum absolute atomic E-state index is 12.0. The Morgan fingerprint density at radius 2 is 1.89 bits per heavy atom. The van der Waals surface area contributed by atoms with E-state index in [1.165, 1.54) is 0 Å². The first-order chi connectivity index (χ1) is 9.22. The summed E-state index contributed by atoms with van der Waals surface area (Å²) in [5.41, 5.74) is 2.51. The average Bonchev–Trinajstić information content (AvgIpc) is 3.24. The number of benzene rings is 1. The van der Waals surface area contributed by atoms with Gasteiger partial charge in [-0.2, -0.15) is 0 Å². The molecule has 0 saturated heterocycles. The molecule has 1 amide bonds. The van der Waals surface area contributed by atoms with Gasteiger partial charge in [-0.25, -0.2) is 0 Å². The van der Waals surface area contributed by atoms with Crippen LogP contribution in [-0.4, -0.2) is 16.9 Å². The lowest BCUT2D eigenvalue weighted by Crippen LogP contribution is -2.25. The van der Waals surface area contributed by atoms with Gasteiger partial charge in [0, 0.05) is 29.0 Å². The van der Waals surface area contributed by atoms with Crippen molar-refractivity contribution in [3.05, 3.63) is 53.3 Å². The average molecular weight is 273 g/mol. The fourth-order valence-electron chi connectivity index (χ4n) is 1.86. The topological polar surface area (TPSA) is 42.0 Å². The Morgan fingerprint density at radius 1 is 1.16 bits per heavy atom. The van der Waals surface area contributed by atoms with Crippen LogP contribution in [0.5, 0.6) is 0 Å². The van der Waals surface area contributed by atoms with Crippen molar-refractivity contribution in [2.75, 3.05) is 0 Å². The largest absolute Gasteiger partial charge is 0.349 e. The van der Waals surface area contributed by atoms with Crippen LogP contribution in [0.15, 0.2) is 42.7 Å². The molecule has 0 atom stereocenters. The SMILES string of the molecule is O=C(NC1CC1)c1cncc(-c2ccc(Cl)cc2)c1. The molecule has 1 aliphatic rings. The Balaban J connectivity index is 1.86. The number of nitrogens with one attached hydrogen (secondary N) is 1. The molecule has 0 unspecified atom stereocenters. The molecule has 1 saturated carbocycles. The fraction of sp³-hybridized carbons (Fsp3) is 0.200. The molecule has 1 heterocycles. The lowest BCUT2D eigenvalue weighted by Gasteiger charge is -2.06. The summed E-state index contributed by atoms with van der Waals surface area (Å²) in [5.74, 6) is -0.0502. The van der Waals surface area contributed by atoms with E-state index >= 15 is 0 Å². The van der Waals surface area contributed by atoms with E-state index in [0.717, 1.165) is 24.0 Å². The molecule has 3 rings (SSSR count). The van der Waals surface area contributed by atoms with Gasteiger partial charge >= 0.3 is 0 Å². The lowest BCUT2D eigenvalue weighted by atomic mass is 10.1. The second-order valence-electron chi connectivity index (χ2n) is 4.72. The van der Waals surface area contributed by atoms with Crippen molar-refractivity contribution in [2.24, 2.45) is 0 Å². The molecule has 0 spiro atoms. The Hall–Kier alpha value is -1.87. The Morgan fingerprint density at radius 3 is 2.58 bits per heavy atom. The van der Waals surface area contributed by atoms with Crippen molar-refractivity contribution in [2.45, 2.75) is 18.9 Å². The van der Waals surface area contributed by atoms with Crippen molar-refractivity contribution in [1.29, 1.82) is 0 Å². The summed E-state index contributed by atoms with van der Waals surface area (Å²) in [5, 5.41) is 3.65. The Labute approximate surface area is 116 Å². The standard InChI is InChI=1S/C15H13ClN2O/c16-13-3-1-10(2-4-13)11-7-12(9-17-8-11)15(19)18-14-5-6-14/h1-4,7-9,14H,5-6H2,(H,18,19). The van der Waals surface area contributed by atoms with E-state index in [4.69, 9.17) is 11.6 Å². The molecule has 1 fully saturated rings. The quantitative estimate of drug-likeness (QED) is 0.932. The molecular weight excluding hydrogens is 260 g/mol. The number of amides is 1. The van der Waals surface area contributed by atoms with E-state index in [1.54, 1.807) is 12.4 Å². The maximum atomic E-state index is 12.0. The number of aromatic nitrogens is 1. The van der Waals surface area contributed by atoms with Crippen LogP contribution in [0, 0.1) is 0 Å². The van der Waals surface area contributed by atoms with Crippen molar-refractivity contribution >= 4 is 17.5 Å². The van der Waals surface area contributed by atoms with Gasteiger partial charge in [-0.15, -0.1) is 0 Å². The number of pyridine rings is 1. The predicted molar refractivity (Wildman–Crippen MR) is 75.2 cm³/mol. The molecular formula is C15H13ClN2O. The third-order valence-corrected chi connectivity index (χ3v) is 3.34. The van der Waals surface area contributed by atoms with Crippen molar-refractivity contribution in [3.8, 4) is 11.1 Å². The van der Waals surface area contributed by atoms with Crippen LogP contribution in [0.25, 0.3) is 11.1 Å². The highest BCUT2D eigenvalue weighted by atomic mass is 35.5. The number of halogens is 1. The highest BCUT2D eigenvalue weighted by molar-refractivity contribution is 6.30. The highest BCUT2D eigenvalue weighted by Gasteiger charge is 2.23.